The van der Waals surface area contributed by atoms with Crippen molar-refractivity contribution in [3.63, 3.8) is 0 Å². The quantitative estimate of drug-likeness (QED) is 0.562. The minimum absolute atomic E-state index is 0.0858. The zero-order chi connectivity index (χ0) is 10.9. The zero-order valence-electron chi connectivity index (χ0n) is 6.80. The van der Waals surface area contributed by atoms with Crippen molar-refractivity contribution in [1.82, 2.24) is 4.98 Å². The molecule has 1 heterocycles. The molecule has 0 saturated heterocycles. The summed E-state index contributed by atoms with van der Waals surface area (Å²) < 4.78 is 36.2. The monoisotopic (exact) mass is 244 g/mol. The number of alkyl halides is 3. The first-order valence-electron chi connectivity index (χ1n) is 3.28. The molecule has 0 bridgehead atoms. The molecule has 0 aliphatic carbocycles. The van der Waals surface area contributed by atoms with Crippen LogP contribution in [0.1, 0.15) is 5.69 Å². The van der Waals surface area contributed by atoms with Crippen LogP contribution < -0.4 is 4.90 Å². The number of carbonyl (C=O) groups excluding carboxylic acids is 1. The summed E-state index contributed by atoms with van der Waals surface area (Å²) in [6.45, 7) is 0. The van der Waals surface area contributed by atoms with E-state index >= 15 is 0 Å². The molecule has 8 heteroatoms. The fraction of sp³-hybridized carbons (Fsp3) is 0.333. The first-order valence-corrected chi connectivity index (χ1v) is 4.54. The van der Waals surface area contributed by atoms with Crippen molar-refractivity contribution in [1.29, 1.82) is 0 Å². The summed E-state index contributed by atoms with van der Waals surface area (Å²) >= 11 is 5.76. The number of halogens is 4. The van der Waals surface area contributed by atoms with E-state index in [2.05, 4.69) is 4.98 Å². The predicted molar refractivity (Wildman–Crippen MR) is 46.8 cm³/mol. The van der Waals surface area contributed by atoms with Gasteiger partial charge in [-0.3, -0.25) is 9.69 Å². The number of carbonyl (C=O) groups is 1. The molecule has 0 unspecified atom stereocenters. The average molecular weight is 245 g/mol. The molecule has 0 saturated carbocycles. The Labute approximate surface area is 86.1 Å². The third-order valence-corrected chi connectivity index (χ3v) is 2.50. The lowest BCUT2D eigenvalue weighted by molar-refractivity contribution is -0.140. The van der Waals surface area contributed by atoms with Crippen LogP contribution in [0.15, 0.2) is 5.38 Å². The highest BCUT2D eigenvalue weighted by atomic mass is 35.5. The van der Waals surface area contributed by atoms with E-state index in [-0.39, 0.29) is 5.13 Å². The van der Waals surface area contributed by atoms with Crippen LogP contribution in [0.2, 0.25) is 0 Å². The van der Waals surface area contributed by atoms with Gasteiger partial charge in [0.1, 0.15) is 0 Å². The minimum Gasteiger partial charge on any atom is -0.278 e. The first kappa shape index (κ1) is 11.3. The van der Waals surface area contributed by atoms with Crippen molar-refractivity contribution < 1.29 is 18.0 Å². The van der Waals surface area contributed by atoms with Gasteiger partial charge in [-0.2, -0.15) is 13.2 Å². The van der Waals surface area contributed by atoms with Gasteiger partial charge in [-0.05, 0) is 11.6 Å². The fourth-order valence-electron chi connectivity index (χ4n) is 0.624. The third-order valence-electron chi connectivity index (χ3n) is 1.33. The van der Waals surface area contributed by atoms with E-state index in [9.17, 15) is 18.0 Å². The lowest BCUT2D eigenvalue weighted by Crippen LogP contribution is -2.19. The largest absolute Gasteiger partial charge is 0.434 e. The highest BCUT2D eigenvalue weighted by molar-refractivity contribution is 7.14. The average Bonchev–Trinajstić information content (AvgIpc) is 2.49. The second-order valence-electron chi connectivity index (χ2n) is 2.33. The Hall–Kier alpha value is -0.820. The minimum atomic E-state index is -4.50. The van der Waals surface area contributed by atoms with Gasteiger partial charge in [-0.1, -0.05) is 0 Å². The molecule has 0 aliphatic heterocycles. The molecule has 1 aromatic heterocycles. The molecule has 1 amide bonds. The number of anilines is 1. The smallest absolute Gasteiger partial charge is 0.278 e. The lowest BCUT2D eigenvalue weighted by atomic mass is 10.5. The summed E-state index contributed by atoms with van der Waals surface area (Å²) in [7, 11) is 1.24. The van der Waals surface area contributed by atoms with E-state index < -0.39 is 17.2 Å². The predicted octanol–water partition coefficient (Wildman–Crippen LogP) is 2.96. The van der Waals surface area contributed by atoms with Crippen molar-refractivity contribution in [3.05, 3.63) is 11.1 Å². The number of hydrogen-bond acceptors (Lipinski definition) is 3. The second-order valence-corrected chi connectivity index (χ2v) is 3.48. The molecule has 78 valence electrons. The first-order chi connectivity index (χ1) is 6.32. The van der Waals surface area contributed by atoms with Gasteiger partial charge < -0.3 is 0 Å². The van der Waals surface area contributed by atoms with Crippen LogP contribution in [0.25, 0.3) is 0 Å². The van der Waals surface area contributed by atoms with Crippen LogP contribution >= 0.6 is 22.9 Å². The molecule has 1 aromatic rings. The van der Waals surface area contributed by atoms with Gasteiger partial charge in [-0.25, -0.2) is 4.98 Å². The molecule has 0 fully saturated rings. The van der Waals surface area contributed by atoms with E-state index in [1.807, 2.05) is 0 Å². The molecule has 0 aromatic carbocycles. The molecule has 14 heavy (non-hydrogen) atoms. The highest BCUT2D eigenvalue weighted by Crippen LogP contribution is 2.32. The second kappa shape index (κ2) is 3.74. The summed E-state index contributed by atoms with van der Waals surface area (Å²) in [5.74, 6) is 0. The van der Waals surface area contributed by atoms with E-state index in [0.717, 1.165) is 10.3 Å². The molecule has 1 rings (SSSR count). The van der Waals surface area contributed by atoms with E-state index in [1.54, 1.807) is 0 Å². The molecule has 0 radical (unpaired) electrons. The van der Waals surface area contributed by atoms with Crippen molar-refractivity contribution in [2.24, 2.45) is 0 Å². The van der Waals surface area contributed by atoms with Gasteiger partial charge in [0.25, 0.3) is 0 Å². The van der Waals surface area contributed by atoms with Gasteiger partial charge in [0.05, 0.1) is 0 Å². The summed E-state index contributed by atoms with van der Waals surface area (Å²) in [4.78, 5) is 14.6. The SMILES string of the molecule is CN(C(=O)Cl)c1nc(C(F)(F)F)cs1. The number of nitrogens with zero attached hydrogens (tertiary/aromatic N) is 2. The van der Waals surface area contributed by atoms with Gasteiger partial charge in [-0.15, -0.1) is 11.3 Å². The van der Waals surface area contributed by atoms with Crippen LogP contribution in [0, 0.1) is 0 Å². The molecule has 0 N–H and O–H groups in total. The summed E-state index contributed by atoms with van der Waals surface area (Å²) in [6, 6.07) is 0. The third kappa shape index (κ3) is 2.36. The van der Waals surface area contributed by atoms with Gasteiger partial charge in [0.15, 0.2) is 10.8 Å². The Bertz CT molecular complexity index is 351. The number of thiazole rings is 1. The molecule has 0 atom stereocenters. The number of amides is 1. The normalized spacial score (nSPS) is 11.5. The van der Waals surface area contributed by atoms with Crippen molar-refractivity contribution in [2.75, 3.05) is 11.9 Å². The Morgan fingerprint density at radius 1 is 1.64 bits per heavy atom. The Kier molecular flexibility index (Phi) is 3.01. The van der Waals surface area contributed by atoms with Crippen LogP contribution in [0.5, 0.6) is 0 Å². The number of rotatable bonds is 1. The number of aromatic nitrogens is 1. The van der Waals surface area contributed by atoms with E-state index in [1.165, 1.54) is 7.05 Å². The van der Waals surface area contributed by atoms with Crippen molar-refractivity contribution in [2.45, 2.75) is 6.18 Å². The van der Waals surface area contributed by atoms with Crippen LogP contribution in [-0.4, -0.2) is 17.4 Å². The van der Waals surface area contributed by atoms with Crippen molar-refractivity contribution >= 4 is 33.4 Å². The topological polar surface area (TPSA) is 33.2 Å². The molecule has 0 spiro atoms. The van der Waals surface area contributed by atoms with Crippen LogP contribution in [0.3, 0.4) is 0 Å². The molecular formula is C6H4ClF3N2OS. The maximum absolute atomic E-state index is 12.1. The van der Waals surface area contributed by atoms with Crippen LogP contribution in [0.4, 0.5) is 23.1 Å². The zero-order valence-corrected chi connectivity index (χ0v) is 8.37. The Morgan fingerprint density at radius 2 is 2.21 bits per heavy atom. The van der Waals surface area contributed by atoms with Gasteiger partial charge >= 0.3 is 11.5 Å². The Balaban J connectivity index is 2.94. The number of hydrogen-bond donors (Lipinski definition) is 0. The van der Waals surface area contributed by atoms with Gasteiger partial charge in [0, 0.05) is 12.4 Å². The van der Waals surface area contributed by atoms with Crippen molar-refractivity contribution in [3.8, 4) is 0 Å². The molecule has 0 aliphatic rings. The van der Waals surface area contributed by atoms with E-state index in [0.29, 0.717) is 11.3 Å². The summed E-state index contributed by atoms with van der Waals surface area (Å²) in [5.41, 5.74) is -1.03. The standard InChI is InChI=1S/C6H4ClF3N2OS/c1-12(4(7)13)5-11-3(2-14-5)6(8,9)10/h2H,1H3. The maximum Gasteiger partial charge on any atom is 0.434 e. The lowest BCUT2D eigenvalue weighted by Gasteiger charge is -2.07. The van der Waals surface area contributed by atoms with Gasteiger partial charge in [0.2, 0.25) is 0 Å². The summed E-state index contributed by atoms with van der Waals surface area (Å²) in [6.07, 6.45) is -4.50. The van der Waals surface area contributed by atoms with E-state index in [4.69, 9.17) is 11.6 Å². The van der Waals surface area contributed by atoms with Crippen LogP contribution in [-0.2, 0) is 6.18 Å². The molecular weight excluding hydrogens is 241 g/mol. The fourth-order valence-corrected chi connectivity index (χ4v) is 1.55. The summed E-state index contributed by atoms with van der Waals surface area (Å²) in [5, 5.41) is -0.142. The Morgan fingerprint density at radius 3 is 2.57 bits per heavy atom. The molecule has 3 nitrogen and oxygen atoms in total. The highest BCUT2D eigenvalue weighted by Gasteiger charge is 2.34. The maximum atomic E-state index is 12.1.